The average molecular weight is 232 g/mol. The van der Waals surface area contributed by atoms with Gasteiger partial charge in [-0.3, -0.25) is 5.01 Å². The molecule has 0 aliphatic heterocycles. The second kappa shape index (κ2) is 6.51. The van der Waals surface area contributed by atoms with E-state index in [-0.39, 0.29) is 6.03 Å². The summed E-state index contributed by atoms with van der Waals surface area (Å²) in [4.78, 5) is 11.9. The standard InChI is InChI=1S/C12H16N4O/c1-15(2)16(10-6-9-13)12(17)14-11-7-4-3-5-8-11/h3-5,7-8H,6,10H2,1-2H3,(H,14,17). The molecule has 5 heteroatoms. The molecule has 1 N–H and O–H groups in total. The second-order valence-corrected chi connectivity index (χ2v) is 3.67. The van der Waals surface area contributed by atoms with Crippen molar-refractivity contribution in [2.75, 3.05) is 26.0 Å². The summed E-state index contributed by atoms with van der Waals surface area (Å²) in [6, 6.07) is 11.0. The number of hydrogen-bond donors (Lipinski definition) is 1. The van der Waals surface area contributed by atoms with E-state index in [9.17, 15) is 4.79 Å². The minimum atomic E-state index is -0.239. The van der Waals surface area contributed by atoms with Gasteiger partial charge in [-0.1, -0.05) is 18.2 Å². The first-order chi connectivity index (χ1) is 8.15. The van der Waals surface area contributed by atoms with Gasteiger partial charge in [0.05, 0.1) is 19.0 Å². The number of hydrazine groups is 1. The monoisotopic (exact) mass is 232 g/mol. The Morgan fingerprint density at radius 1 is 1.35 bits per heavy atom. The molecule has 0 spiro atoms. The summed E-state index contributed by atoms with van der Waals surface area (Å²) in [5.41, 5.74) is 0.737. The number of nitriles is 1. The first-order valence-electron chi connectivity index (χ1n) is 5.33. The highest BCUT2D eigenvalue weighted by Gasteiger charge is 2.15. The third kappa shape index (κ3) is 4.13. The number of nitrogens with zero attached hydrogens (tertiary/aromatic N) is 3. The van der Waals surface area contributed by atoms with E-state index >= 15 is 0 Å². The third-order valence-electron chi connectivity index (χ3n) is 2.18. The lowest BCUT2D eigenvalue weighted by molar-refractivity contribution is 0.0734. The molecule has 1 rings (SSSR count). The highest BCUT2D eigenvalue weighted by atomic mass is 16.2. The number of nitrogens with one attached hydrogen (secondary N) is 1. The van der Waals surface area contributed by atoms with Gasteiger partial charge in [0.25, 0.3) is 0 Å². The van der Waals surface area contributed by atoms with E-state index in [2.05, 4.69) is 5.32 Å². The average Bonchev–Trinajstić information content (AvgIpc) is 2.30. The van der Waals surface area contributed by atoms with E-state index in [1.54, 1.807) is 19.1 Å². The molecule has 0 fully saturated rings. The number of rotatable bonds is 4. The number of urea groups is 1. The number of anilines is 1. The van der Waals surface area contributed by atoms with Crippen molar-refractivity contribution in [2.45, 2.75) is 6.42 Å². The van der Waals surface area contributed by atoms with Crippen LogP contribution in [-0.2, 0) is 0 Å². The van der Waals surface area contributed by atoms with Crippen molar-refractivity contribution in [1.82, 2.24) is 10.0 Å². The summed E-state index contributed by atoms with van der Waals surface area (Å²) in [6.07, 6.45) is 0.306. The summed E-state index contributed by atoms with van der Waals surface area (Å²) in [7, 11) is 3.53. The fourth-order valence-electron chi connectivity index (χ4n) is 1.35. The van der Waals surface area contributed by atoms with E-state index in [0.717, 1.165) is 5.69 Å². The predicted octanol–water partition coefficient (Wildman–Crippen LogP) is 1.91. The molecule has 0 aliphatic carbocycles. The number of hydrogen-bond acceptors (Lipinski definition) is 3. The van der Waals surface area contributed by atoms with Crippen LogP contribution in [0.1, 0.15) is 6.42 Å². The van der Waals surface area contributed by atoms with E-state index in [4.69, 9.17) is 5.26 Å². The first kappa shape index (κ1) is 13.0. The van der Waals surface area contributed by atoms with Gasteiger partial charge < -0.3 is 5.32 Å². The van der Waals surface area contributed by atoms with E-state index < -0.39 is 0 Å². The van der Waals surface area contributed by atoms with Crippen molar-refractivity contribution >= 4 is 11.7 Å². The Morgan fingerprint density at radius 2 is 2.00 bits per heavy atom. The molecule has 1 aromatic rings. The summed E-state index contributed by atoms with van der Waals surface area (Å²) < 4.78 is 0. The minimum absolute atomic E-state index is 0.239. The summed E-state index contributed by atoms with van der Waals surface area (Å²) in [5, 5.41) is 14.5. The third-order valence-corrected chi connectivity index (χ3v) is 2.18. The zero-order chi connectivity index (χ0) is 12.7. The van der Waals surface area contributed by atoms with Crippen molar-refractivity contribution in [2.24, 2.45) is 0 Å². The molecule has 17 heavy (non-hydrogen) atoms. The van der Waals surface area contributed by atoms with Crippen LogP contribution in [0.2, 0.25) is 0 Å². The lowest BCUT2D eigenvalue weighted by Crippen LogP contribution is -2.44. The lowest BCUT2D eigenvalue weighted by atomic mass is 10.3. The number of carbonyl (C=O) groups is 1. The molecule has 0 aliphatic rings. The number of para-hydroxylation sites is 1. The van der Waals surface area contributed by atoms with Gasteiger partial charge in [-0.25, -0.2) is 9.80 Å². The highest BCUT2D eigenvalue weighted by molar-refractivity contribution is 5.88. The molecule has 0 unspecified atom stereocenters. The van der Waals surface area contributed by atoms with Gasteiger partial charge in [-0.05, 0) is 12.1 Å². The Hall–Kier alpha value is -2.06. The summed E-state index contributed by atoms with van der Waals surface area (Å²) in [5.74, 6) is 0. The molecule has 0 bridgehead atoms. The molecule has 0 radical (unpaired) electrons. The number of amides is 2. The van der Waals surface area contributed by atoms with Gasteiger partial charge in [0.1, 0.15) is 0 Å². The fourth-order valence-corrected chi connectivity index (χ4v) is 1.35. The van der Waals surface area contributed by atoms with Crippen LogP contribution in [0.4, 0.5) is 10.5 Å². The zero-order valence-corrected chi connectivity index (χ0v) is 10.1. The maximum Gasteiger partial charge on any atom is 0.336 e. The van der Waals surface area contributed by atoms with Crippen molar-refractivity contribution in [3.63, 3.8) is 0 Å². The van der Waals surface area contributed by atoms with Crippen molar-refractivity contribution < 1.29 is 4.79 Å². The van der Waals surface area contributed by atoms with Crippen LogP contribution in [0.25, 0.3) is 0 Å². The molecule has 2 amide bonds. The van der Waals surface area contributed by atoms with Gasteiger partial charge in [0, 0.05) is 19.8 Å². The van der Waals surface area contributed by atoms with Crippen LogP contribution in [0.5, 0.6) is 0 Å². The van der Waals surface area contributed by atoms with Gasteiger partial charge >= 0.3 is 6.03 Å². The fraction of sp³-hybridized carbons (Fsp3) is 0.333. The van der Waals surface area contributed by atoms with Crippen molar-refractivity contribution in [3.05, 3.63) is 30.3 Å². The second-order valence-electron chi connectivity index (χ2n) is 3.67. The number of benzene rings is 1. The molecule has 0 saturated carbocycles. The maximum atomic E-state index is 11.9. The molecule has 0 heterocycles. The summed E-state index contributed by atoms with van der Waals surface area (Å²) >= 11 is 0. The Labute approximate surface area is 101 Å². The van der Waals surface area contributed by atoms with E-state index in [1.807, 2.05) is 36.4 Å². The Balaban J connectivity index is 2.63. The van der Waals surface area contributed by atoms with Gasteiger partial charge in [-0.15, -0.1) is 0 Å². The normalized spacial score (nSPS) is 9.76. The van der Waals surface area contributed by atoms with Gasteiger partial charge in [0.15, 0.2) is 0 Å². The van der Waals surface area contributed by atoms with Crippen LogP contribution in [-0.4, -0.2) is 36.7 Å². The van der Waals surface area contributed by atoms with Crippen molar-refractivity contribution in [3.8, 4) is 6.07 Å². The molecule has 0 atom stereocenters. The largest absolute Gasteiger partial charge is 0.336 e. The van der Waals surface area contributed by atoms with Crippen LogP contribution < -0.4 is 5.32 Å². The maximum absolute atomic E-state index is 11.9. The summed E-state index contributed by atoms with van der Waals surface area (Å²) in [6.45, 7) is 0.377. The molecular weight excluding hydrogens is 216 g/mol. The molecular formula is C12H16N4O. The predicted molar refractivity (Wildman–Crippen MR) is 66.1 cm³/mol. The lowest BCUT2D eigenvalue weighted by Gasteiger charge is -2.28. The molecule has 1 aromatic carbocycles. The molecule has 0 aromatic heterocycles. The van der Waals surface area contributed by atoms with Gasteiger partial charge in [0.2, 0.25) is 0 Å². The highest BCUT2D eigenvalue weighted by Crippen LogP contribution is 2.07. The Bertz CT molecular complexity index is 397. The minimum Gasteiger partial charge on any atom is -0.307 e. The smallest absolute Gasteiger partial charge is 0.307 e. The Morgan fingerprint density at radius 3 is 2.53 bits per heavy atom. The Kier molecular flexibility index (Phi) is 4.98. The van der Waals surface area contributed by atoms with Crippen LogP contribution in [0.3, 0.4) is 0 Å². The molecule has 0 saturated heterocycles. The first-order valence-corrected chi connectivity index (χ1v) is 5.33. The quantitative estimate of drug-likeness (QED) is 0.807. The van der Waals surface area contributed by atoms with Crippen LogP contribution in [0.15, 0.2) is 30.3 Å². The van der Waals surface area contributed by atoms with E-state index in [0.29, 0.717) is 13.0 Å². The molecule has 90 valence electrons. The number of carbonyl (C=O) groups excluding carboxylic acids is 1. The SMILES string of the molecule is CN(C)N(CCC#N)C(=O)Nc1ccccc1. The van der Waals surface area contributed by atoms with E-state index in [1.165, 1.54) is 5.01 Å². The van der Waals surface area contributed by atoms with Gasteiger partial charge in [-0.2, -0.15) is 5.26 Å². The molecule has 5 nitrogen and oxygen atoms in total. The van der Waals surface area contributed by atoms with Crippen molar-refractivity contribution in [1.29, 1.82) is 5.26 Å². The zero-order valence-electron chi connectivity index (χ0n) is 10.1. The topological polar surface area (TPSA) is 59.4 Å². The van der Waals surface area contributed by atoms with Crippen LogP contribution >= 0.6 is 0 Å². The van der Waals surface area contributed by atoms with Crippen LogP contribution in [0, 0.1) is 11.3 Å².